The second-order valence-corrected chi connectivity index (χ2v) is 7.43. The molecule has 0 saturated heterocycles. The van der Waals surface area contributed by atoms with Gasteiger partial charge in [0.25, 0.3) is 5.91 Å². The molecule has 30 heavy (non-hydrogen) atoms. The molecule has 0 bridgehead atoms. The normalized spacial score (nSPS) is 11.8. The maximum atomic E-state index is 12.7. The number of carbonyl (C=O) groups excluding carboxylic acids is 2. The van der Waals surface area contributed by atoms with Crippen molar-refractivity contribution in [2.75, 3.05) is 5.32 Å². The Balaban J connectivity index is 1.69. The zero-order valence-electron chi connectivity index (χ0n) is 18.0. The van der Waals surface area contributed by atoms with Gasteiger partial charge in [0, 0.05) is 16.9 Å². The first-order valence-electron chi connectivity index (χ1n) is 10.0. The van der Waals surface area contributed by atoms with Crippen LogP contribution in [0.3, 0.4) is 0 Å². The van der Waals surface area contributed by atoms with Gasteiger partial charge in [-0.3, -0.25) is 4.79 Å². The van der Waals surface area contributed by atoms with Gasteiger partial charge in [0.1, 0.15) is 5.82 Å². The standard InChI is InChI=1S/C24H27N3O3/c1-6-20(23(28)27-21-14(2)8-7-9-15(21)3)30-24(29)19-12-10-18(11-13-19)22-25-16(4)17(5)26-22/h7-13,20H,6H2,1-5H3,(H,25,26)(H,27,28). The van der Waals surface area contributed by atoms with Gasteiger partial charge in [-0.15, -0.1) is 0 Å². The van der Waals surface area contributed by atoms with Gasteiger partial charge in [0.15, 0.2) is 6.10 Å². The Kier molecular flexibility index (Phi) is 6.35. The second kappa shape index (κ2) is 8.95. The fraction of sp³-hybridized carbons (Fsp3) is 0.292. The van der Waals surface area contributed by atoms with E-state index in [0.717, 1.165) is 39.6 Å². The number of H-pyrrole nitrogens is 1. The van der Waals surface area contributed by atoms with Crippen molar-refractivity contribution in [3.8, 4) is 11.4 Å². The maximum Gasteiger partial charge on any atom is 0.338 e. The summed E-state index contributed by atoms with van der Waals surface area (Å²) in [6, 6.07) is 12.8. The number of anilines is 1. The SMILES string of the molecule is CCC(OC(=O)c1ccc(-c2nc(C)c(C)[nH]2)cc1)C(=O)Nc1c(C)cccc1C. The van der Waals surface area contributed by atoms with E-state index < -0.39 is 12.1 Å². The lowest BCUT2D eigenvalue weighted by Crippen LogP contribution is -2.32. The van der Waals surface area contributed by atoms with Crippen LogP contribution in [0.2, 0.25) is 0 Å². The van der Waals surface area contributed by atoms with E-state index in [0.29, 0.717) is 12.0 Å². The summed E-state index contributed by atoms with van der Waals surface area (Å²) >= 11 is 0. The number of aromatic amines is 1. The molecule has 0 radical (unpaired) electrons. The molecule has 0 aliphatic carbocycles. The van der Waals surface area contributed by atoms with Crippen LogP contribution in [0.25, 0.3) is 11.4 Å². The van der Waals surface area contributed by atoms with Crippen molar-refractivity contribution < 1.29 is 14.3 Å². The van der Waals surface area contributed by atoms with Crippen LogP contribution in [0, 0.1) is 27.7 Å². The van der Waals surface area contributed by atoms with Gasteiger partial charge in [0.05, 0.1) is 11.3 Å². The van der Waals surface area contributed by atoms with Crippen LogP contribution in [0.1, 0.15) is 46.2 Å². The molecule has 1 unspecified atom stereocenters. The lowest BCUT2D eigenvalue weighted by atomic mass is 10.1. The van der Waals surface area contributed by atoms with Gasteiger partial charge in [-0.1, -0.05) is 37.3 Å². The number of aryl methyl sites for hydroxylation is 4. The number of aromatic nitrogens is 2. The highest BCUT2D eigenvalue weighted by Crippen LogP contribution is 2.21. The fourth-order valence-electron chi connectivity index (χ4n) is 3.18. The minimum Gasteiger partial charge on any atom is -0.449 e. The van der Waals surface area contributed by atoms with Crippen LogP contribution in [-0.2, 0) is 9.53 Å². The third kappa shape index (κ3) is 4.59. The van der Waals surface area contributed by atoms with Crippen molar-refractivity contribution in [2.24, 2.45) is 0 Å². The summed E-state index contributed by atoms with van der Waals surface area (Å²) < 4.78 is 5.49. The minimum absolute atomic E-state index is 0.332. The Hall–Kier alpha value is -3.41. The van der Waals surface area contributed by atoms with Gasteiger partial charge in [-0.2, -0.15) is 0 Å². The molecule has 1 atom stereocenters. The molecule has 0 spiro atoms. The number of hydrogen-bond acceptors (Lipinski definition) is 4. The molecule has 3 aromatic rings. The average Bonchev–Trinajstić information content (AvgIpc) is 3.07. The van der Waals surface area contributed by atoms with Crippen LogP contribution in [-0.4, -0.2) is 27.9 Å². The van der Waals surface area contributed by atoms with Crippen LogP contribution in [0.4, 0.5) is 5.69 Å². The van der Waals surface area contributed by atoms with Gasteiger partial charge in [-0.05, 0) is 57.4 Å². The highest BCUT2D eigenvalue weighted by molar-refractivity contribution is 5.98. The second-order valence-electron chi connectivity index (χ2n) is 7.43. The lowest BCUT2D eigenvalue weighted by Gasteiger charge is -2.18. The molecule has 1 amide bonds. The highest BCUT2D eigenvalue weighted by Gasteiger charge is 2.23. The van der Waals surface area contributed by atoms with E-state index in [9.17, 15) is 9.59 Å². The Morgan fingerprint density at radius 2 is 1.67 bits per heavy atom. The first-order valence-corrected chi connectivity index (χ1v) is 10.0. The summed E-state index contributed by atoms with van der Waals surface area (Å²) in [6.07, 6.45) is -0.488. The number of para-hydroxylation sites is 1. The molecular weight excluding hydrogens is 378 g/mol. The summed E-state index contributed by atoms with van der Waals surface area (Å²) in [7, 11) is 0. The molecule has 156 valence electrons. The van der Waals surface area contributed by atoms with Crippen molar-refractivity contribution in [1.82, 2.24) is 9.97 Å². The van der Waals surface area contributed by atoms with Gasteiger partial charge in [-0.25, -0.2) is 9.78 Å². The first-order chi connectivity index (χ1) is 14.3. The Morgan fingerprint density at radius 3 is 2.20 bits per heavy atom. The summed E-state index contributed by atoms with van der Waals surface area (Å²) in [5.74, 6) is -0.109. The van der Waals surface area contributed by atoms with Crippen molar-refractivity contribution in [3.63, 3.8) is 0 Å². The summed E-state index contributed by atoms with van der Waals surface area (Å²) in [5.41, 5.74) is 5.89. The number of nitrogens with one attached hydrogen (secondary N) is 2. The third-order valence-electron chi connectivity index (χ3n) is 5.16. The summed E-state index contributed by atoms with van der Waals surface area (Å²) in [4.78, 5) is 33.0. The van der Waals surface area contributed by atoms with Crippen molar-refractivity contribution in [3.05, 3.63) is 70.5 Å². The summed E-state index contributed by atoms with van der Waals surface area (Å²) in [6.45, 7) is 9.58. The molecule has 0 saturated carbocycles. The topological polar surface area (TPSA) is 84.1 Å². The van der Waals surface area contributed by atoms with E-state index in [1.54, 1.807) is 12.1 Å². The zero-order chi connectivity index (χ0) is 21.8. The molecule has 3 rings (SSSR count). The molecule has 6 heteroatoms. The molecule has 2 N–H and O–H groups in total. The molecule has 0 aliphatic heterocycles. The molecule has 0 fully saturated rings. The smallest absolute Gasteiger partial charge is 0.338 e. The van der Waals surface area contributed by atoms with E-state index in [4.69, 9.17) is 4.74 Å². The Bertz CT molecular complexity index is 1030. The van der Waals surface area contributed by atoms with E-state index in [1.165, 1.54) is 0 Å². The molecule has 1 aromatic heterocycles. The number of benzene rings is 2. The van der Waals surface area contributed by atoms with E-state index >= 15 is 0 Å². The summed E-state index contributed by atoms with van der Waals surface area (Å²) in [5, 5.41) is 2.90. The number of amides is 1. The van der Waals surface area contributed by atoms with Gasteiger partial charge < -0.3 is 15.0 Å². The number of carbonyl (C=O) groups is 2. The molecule has 0 aliphatic rings. The monoisotopic (exact) mass is 405 g/mol. The van der Waals surface area contributed by atoms with E-state index in [1.807, 2.05) is 65.0 Å². The van der Waals surface area contributed by atoms with Gasteiger partial charge >= 0.3 is 5.97 Å². The average molecular weight is 405 g/mol. The Morgan fingerprint density at radius 1 is 1.03 bits per heavy atom. The zero-order valence-corrected chi connectivity index (χ0v) is 18.0. The quantitative estimate of drug-likeness (QED) is 0.572. The number of ether oxygens (including phenoxy) is 1. The molecular formula is C24H27N3O3. The number of esters is 1. The molecule has 6 nitrogen and oxygen atoms in total. The number of imidazole rings is 1. The minimum atomic E-state index is -0.869. The molecule has 1 heterocycles. The van der Waals surface area contributed by atoms with Crippen LogP contribution >= 0.6 is 0 Å². The predicted molar refractivity (Wildman–Crippen MR) is 118 cm³/mol. The van der Waals surface area contributed by atoms with Gasteiger partial charge in [0.2, 0.25) is 0 Å². The maximum absolute atomic E-state index is 12.7. The largest absolute Gasteiger partial charge is 0.449 e. The van der Waals surface area contributed by atoms with E-state index in [-0.39, 0.29) is 5.91 Å². The first kappa shape index (κ1) is 21.3. The number of rotatable bonds is 6. The number of hydrogen-bond donors (Lipinski definition) is 2. The van der Waals surface area contributed by atoms with Crippen LogP contribution < -0.4 is 5.32 Å². The number of nitrogens with zero attached hydrogens (tertiary/aromatic N) is 1. The Labute approximate surface area is 176 Å². The van der Waals surface area contributed by atoms with Crippen molar-refractivity contribution in [1.29, 1.82) is 0 Å². The predicted octanol–water partition coefficient (Wildman–Crippen LogP) is 4.88. The van der Waals surface area contributed by atoms with Crippen LogP contribution in [0.5, 0.6) is 0 Å². The van der Waals surface area contributed by atoms with Crippen LogP contribution in [0.15, 0.2) is 42.5 Å². The van der Waals surface area contributed by atoms with E-state index in [2.05, 4.69) is 15.3 Å². The fourth-order valence-corrected chi connectivity index (χ4v) is 3.18. The van der Waals surface area contributed by atoms with Crippen molar-refractivity contribution >= 4 is 17.6 Å². The lowest BCUT2D eigenvalue weighted by molar-refractivity contribution is -0.124. The third-order valence-corrected chi connectivity index (χ3v) is 5.16. The van der Waals surface area contributed by atoms with Crippen molar-refractivity contribution in [2.45, 2.75) is 47.1 Å². The highest BCUT2D eigenvalue weighted by atomic mass is 16.5. The molecule has 2 aromatic carbocycles.